The number of benzene rings is 1. The van der Waals surface area contributed by atoms with Gasteiger partial charge in [0.05, 0.1) is 0 Å². The lowest BCUT2D eigenvalue weighted by atomic mass is 9.91. The van der Waals surface area contributed by atoms with Gasteiger partial charge in [-0.25, -0.2) is 0 Å². The van der Waals surface area contributed by atoms with Crippen LogP contribution in [-0.4, -0.2) is 23.4 Å². The van der Waals surface area contributed by atoms with Gasteiger partial charge < -0.3 is 0 Å². The molecule has 0 aliphatic heterocycles. The fourth-order valence-electron chi connectivity index (χ4n) is 2.29. The van der Waals surface area contributed by atoms with E-state index >= 15 is 0 Å². The van der Waals surface area contributed by atoms with Gasteiger partial charge in [-0.1, -0.05) is 29.6 Å². The number of hydrogen-bond acceptors (Lipinski definition) is 1. The Labute approximate surface area is 124 Å². The molecule has 1 aliphatic rings. The van der Waals surface area contributed by atoms with Crippen LogP contribution in [0.4, 0.5) is 0 Å². The molecular formula is C14H18Cl3N. The van der Waals surface area contributed by atoms with Crippen molar-refractivity contribution in [2.24, 2.45) is 0 Å². The Morgan fingerprint density at radius 3 is 2.61 bits per heavy atom. The molecule has 0 saturated heterocycles. The summed E-state index contributed by atoms with van der Waals surface area (Å²) < 4.78 is 0. The molecule has 18 heavy (non-hydrogen) atoms. The van der Waals surface area contributed by atoms with Gasteiger partial charge in [-0.15, -0.1) is 11.6 Å². The fraction of sp³-hybridized carbons (Fsp3) is 0.571. The minimum absolute atomic E-state index is 0.697. The Kier molecular flexibility index (Phi) is 5.62. The summed E-state index contributed by atoms with van der Waals surface area (Å²) in [7, 11) is 0. The maximum atomic E-state index is 6.23. The highest BCUT2D eigenvalue weighted by Crippen LogP contribution is 2.29. The second kappa shape index (κ2) is 7.00. The predicted octanol–water partition coefficient (Wildman–Crippen LogP) is 4.98. The van der Waals surface area contributed by atoms with Gasteiger partial charge in [0.25, 0.3) is 0 Å². The van der Waals surface area contributed by atoms with Crippen LogP contribution in [0.5, 0.6) is 0 Å². The molecule has 1 aromatic rings. The van der Waals surface area contributed by atoms with Crippen LogP contribution in [-0.2, 0) is 6.54 Å². The molecule has 4 heteroatoms. The summed E-state index contributed by atoms with van der Waals surface area (Å²) in [4.78, 5) is 2.49. The second-order valence-corrected chi connectivity index (χ2v) is 6.06. The lowest BCUT2D eigenvalue weighted by Gasteiger charge is -2.37. The van der Waals surface area contributed by atoms with Crippen molar-refractivity contribution < 1.29 is 0 Å². The molecule has 0 spiro atoms. The van der Waals surface area contributed by atoms with Crippen LogP contribution in [0.2, 0.25) is 10.0 Å². The van der Waals surface area contributed by atoms with E-state index in [-0.39, 0.29) is 0 Å². The van der Waals surface area contributed by atoms with E-state index < -0.39 is 0 Å². The number of hydrogen-bond donors (Lipinski definition) is 0. The van der Waals surface area contributed by atoms with Crippen LogP contribution in [0.3, 0.4) is 0 Å². The van der Waals surface area contributed by atoms with Crippen LogP contribution in [0.1, 0.15) is 31.2 Å². The van der Waals surface area contributed by atoms with Gasteiger partial charge in [0.2, 0.25) is 0 Å². The Morgan fingerprint density at radius 1 is 1.22 bits per heavy atom. The van der Waals surface area contributed by atoms with Gasteiger partial charge in [-0.05, 0) is 49.6 Å². The van der Waals surface area contributed by atoms with E-state index in [1.54, 1.807) is 0 Å². The summed E-state index contributed by atoms with van der Waals surface area (Å²) in [5, 5.41) is 1.55. The van der Waals surface area contributed by atoms with E-state index in [1.807, 2.05) is 18.2 Å². The van der Waals surface area contributed by atoms with Crippen LogP contribution in [0.25, 0.3) is 0 Å². The zero-order valence-electron chi connectivity index (χ0n) is 10.3. The molecule has 1 aromatic carbocycles. The summed E-state index contributed by atoms with van der Waals surface area (Å²) in [5.74, 6) is 0.715. The number of rotatable bonds is 6. The lowest BCUT2D eigenvalue weighted by Crippen LogP contribution is -2.40. The van der Waals surface area contributed by atoms with Crippen molar-refractivity contribution >= 4 is 34.8 Å². The molecular weight excluding hydrogens is 289 g/mol. The largest absolute Gasteiger partial charge is 0.296 e. The van der Waals surface area contributed by atoms with Crippen LogP contribution >= 0.6 is 34.8 Å². The summed E-state index contributed by atoms with van der Waals surface area (Å²) in [6.07, 6.45) is 4.95. The normalized spacial score (nSPS) is 16.0. The van der Waals surface area contributed by atoms with Crippen molar-refractivity contribution in [2.45, 2.75) is 38.3 Å². The summed E-state index contributed by atoms with van der Waals surface area (Å²) in [6.45, 7) is 1.91. The number of nitrogens with zero attached hydrogens (tertiary/aromatic N) is 1. The molecule has 1 nitrogen and oxygen atoms in total. The average Bonchev–Trinajstić information content (AvgIpc) is 2.28. The average molecular weight is 307 g/mol. The highest BCUT2D eigenvalue weighted by molar-refractivity contribution is 6.33. The molecule has 100 valence electrons. The van der Waals surface area contributed by atoms with Crippen molar-refractivity contribution in [2.75, 3.05) is 12.4 Å². The minimum atomic E-state index is 0.697. The Hall–Kier alpha value is 0.0500. The van der Waals surface area contributed by atoms with E-state index in [1.165, 1.54) is 19.3 Å². The summed E-state index contributed by atoms with van der Waals surface area (Å²) >= 11 is 18.1. The maximum absolute atomic E-state index is 6.23. The van der Waals surface area contributed by atoms with Gasteiger partial charge in [0, 0.05) is 28.5 Å². The zero-order chi connectivity index (χ0) is 13.0. The molecule has 0 amide bonds. The van der Waals surface area contributed by atoms with E-state index in [0.29, 0.717) is 11.9 Å². The number of halogens is 3. The molecule has 0 N–H and O–H groups in total. The van der Waals surface area contributed by atoms with E-state index in [0.717, 1.165) is 35.1 Å². The Balaban J connectivity index is 2.04. The molecule has 0 bridgehead atoms. The lowest BCUT2D eigenvalue weighted by molar-refractivity contribution is 0.120. The van der Waals surface area contributed by atoms with Gasteiger partial charge in [-0.3, -0.25) is 4.90 Å². The third-order valence-corrected chi connectivity index (χ3v) is 4.42. The van der Waals surface area contributed by atoms with Gasteiger partial charge >= 0.3 is 0 Å². The van der Waals surface area contributed by atoms with Gasteiger partial charge in [0.15, 0.2) is 0 Å². The fourth-order valence-corrected chi connectivity index (χ4v) is 2.78. The van der Waals surface area contributed by atoms with Crippen LogP contribution < -0.4 is 0 Å². The Bertz CT molecular complexity index is 391. The van der Waals surface area contributed by atoms with Crippen molar-refractivity contribution in [3.05, 3.63) is 33.8 Å². The molecule has 1 saturated carbocycles. The maximum Gasteiger partial charge on any atom is 0.0452 e. The zero-order valence-corrected chi connectivity index (χ0v) is 12.6. The quantitative estimate of drug-likeness (QED) is 0.670. The van der Waals surface area contributed by atoms with Gasteiger partial charge in [-0.2, -0.15) is 0 Å². The number of alkyl halides is 1. The minimum Gasteiger partial charge on any atom is -0.296 e. The molecule has 0 atom stereocenters. The van der Waals surface area contributed by atoms with Crippen LogP contribution in [0, 0.1) is 0 Å². The third-order valence-electron chi connectivity index (χ3n) is 3.55. The van der Waals surface area contributed by atoms with Crippen molar-refractivity contribution in [1.29, 1.82) is 0 Å². The molecule has 1 fully saturated rings. The summed E-state index contributed by atoms with van der Waals surface area (Å²) in [5.41, 5.74) is 1.12. The molecule has 1 aliphatic carbocycles. The summed E-state index contributed by atoms with van der Waals surface area (Å²) in [6, 6.07) is 6.37. The van der Waals surface area contributed by atoms with Crippen molar-refractivity contribution in [1.82, 2.24) is 4.90 Å². The Morgan fingerprint density at radius 2 is 2.00 bits per heavy atom. The molecule has 0 unspecified atom stereocenters. The standard InChI is InChI=1S/C14H18Cl3N/c15-7-2-8-18(13-3-1-4-13)10-11-9-12(16)5-6-14(11)17/h5-6,9,13H,1-4,7-8,10H2. The first-order valence-electron chi connectivity index (χ1n) is 6.44. The van der Waals surface area contributed by atoms with E-state index in [2.05, 4.69) is 4.90 Å². The highest BCUT2D eigenvalue weighted by Gasteiger charge is 2.24. The molecule has 2 rings (SSSR count). The smallest absolute Gasteiger partial charge is 0.0452 e. The first-order chi connectivity index (χ1) is 8.70. The van der Waals surface area contributed by atoms with Gasteiger partial charge in [0.1, 0.15) is 0 Å². The second-order valence-electron chi connectivity index (χ2n) is 4.83. The predicted molar refractivity (Wildman–Crippen MR) is 79.8 cm³/mol. The van der Waals surface area contributed by atoms with Crippen molar-refractivity contribution in [3.63, 3.8) is 0 Å². The SMILES string of the molecule is ClCCCN(Cc1cc(Cl)ccc1Cl)C1CCC1. The van der Waals surface area contributed by atoms with E-state index in [4.69, 9.17) is 34.8 Å². The molecule has 0 heterocycles. The van der Waals surface area contributed by atoms with Crippen molar-refractivity contribution in [3.8, 4) is 0 Å². The molecule has 0 radical (unpaired) electrons. The first-order valence-corrected chi connectivity index (χ1v) is 7.73. The van der Waals surface area contributed by atoms with E-state index in [9.17, 15) is 0 Å². The molecule has 0 aromatic heterocycles. The first kappa shape index (κ1) is 14.5. The highest BCUT2D eigenvalue weighted by atomic mass is 35.5. The monoisotopic (exact) mass is 305 g/mol. The van der Waals surface area contributed by atoms with Crippen LogP contribution in [0.15, 0.2) is 18.2 Å². The topological polar surface area (TPSA) is 3.24 Å². The third kappa shape index (κ3) is 3.77.